The number of hydrogen-bond donors (Lipinski definition) is 0. The van der Waals surface area contributed by atoms with Crippen molar-refractivity contribution in [1.29, 1.82) is 0 Å². The van der Waals surface area contributed by atoms with Crippen LogP contribution in [0.2, 0.25) is 0 Å². The third kappa shape index (κ3) is 1.28. The normalized spacial score (nSPS) is 24.5. The number of allylic oxidation sites excluding steroid dienone is 2. The van der Waals surface area contributed by atoms with E-state index in [1.165, 1.54) is 30.7 Å². The summed E-state index contributed by atoms with van der Waals surface area (Å²) in [6.45, 7) is 2.11. The first-order valence-electron chi connectivity index (χ1n) is 4.08. The van der Waals surface area contributed by atoms with Gasteiger partial charge in [0.1, 0.15) is 0 Å². The Morgan fingerprint density at radius 2 is 2.40 bits per heavy atom. The maximum atomic E-state index is 4.45. The van der Waals surface area contributed by atoms with E-state index in [9.17, 15) is 0 Å². The molecule has 0 aromatic rings. The Morgan fingerprint density at radius 1 is 1.60 bits per heavy atom. The molecule has 0 aromatic carbocycles. The van der Waals surface area contributed by atoms with E-state index >= 15 is 0 Å². The highest BCUT2D eigenvalue weighted by atomic mass is 14.8. The fraction of sp³-hybridized carbons (Fsp3) is 0.667. The average molecular weight is 135 g/mol. The molecule has 1 aliphatic heterocycles. The van der Waals surface area contributed by atoms with Gasteiger partial charge in [-0.05, 0) is 32.1 Å². The predicted octanol–water partition coefficient (Wildman–Crippen LogP) is 2.54. The molecule has 2 rings (SSSR count). The molecule has 0 spiro atoms. The van der Waals surface area contributed by atoms with Gasteiger partial charge >= 0.3 is 0 Å². The molecule has 10 heavy (non-hydrogen) atoms. The van der Waals surface area contributed by atoms with Crippen molar-refractivity contribution < 1.29 is 0 Å². The van der Waals surface area contributed by atoms with Gasteiger partial charge in [-0.25, -0.2) is 0 Å². The van der Waals surface area contributed by atoms with Gasteiger partial charge in [-0.3, -0.25) is 4.99 Å². The molecule has 1 nitrogen and oxygen atoms in total. The van der Waals surface area contributed by atoms with Crippen LogP contribution in [0.3, 0.4) is 0 Å². The van der Waals surface area contributed by atoms with E-state index in [-0.39, 0.29) is 0 Å². The summed E-state index contributed by atoms with van der Waals surface area (Å²) in [7, 11) is 0. The molecule has 0 unspecified atom stereocenters. The SMILES string of the molecule is CC1=NC(CC2CC2)=CC1. The second kappa shape index (κ2) is 2.22. The molecule has 1 heterocycles. The molecule has 0 N–H and O–H groups in total. The van der Waals surface area contributed by atoms with Crippen LogP contribution in [0.4, 0.5) is 0 Å². The van der Waals surface area contributed by atoms with Gasteiger partial charge < -0.3 is 0 Å². The zero-order valence-electron chi connectivity index (χ0n) is 6.43. The van der Waals surface area contributed by atoms with E-state index in [4.69, 9.17) is 0 Å². The largest absolute Gasteiger partial charge is 0.263 e. The van der Waals surface area contributed by atoms with Crippen molar-refractivity contribution in [3.05, 3.63) is 11.8 Å². The van der Waals surface area contributed by atoms with Crippen molar-refractivity contribution in [2.24, 2.45) is 10.9 Å². The van der Waals surface area contributed by atoms with Crippen molar-refractivity contribution in [1.82, 2.24) is 0 Å². The summed E-state index contributed by atoms with van der Waals surface area (Å²) in [6.07, 6.45) is 7.49. The van der Waals surface area contributed by atoms with Crippen molar-refractivity contribution in [3.63, 3.8) is 0 Å². The van der Waals surface area contributed by atoms with Crippen LogP contribution >= 0.6 is 0 Å². The molecule has 1 saturated carbocycles. The number of hydrogen-bond acceptors (Lipinski definition) is 1. The minimum Gasteiger partial charge on any atom is -0.263 e. The summed E-state index contributed by atoms with van der Waals surface area (Å²) in [4.78, 5) is 4.45. The van der Waals surface area contributed by atoms with Gasteiger partial charge in [-0.2, -0.15) is 0 Å². The monoisotopic (exact) mass is 135 g/mol. The topological polar surface area (TPSA) is 12.4 Å². The van der Waals surface area contributed by atoms with Gasteiger partial charge in [-0.1, -0.05) is 6.08 Å². The van der Waals surface area contributed by atoms with Crippen LogP contribution in [0, 0.1) is 5.92 Å². The summed E-state index contributed by atoms with van der Waals surface area (Å²) >= 11 is 0. The summed E-state index contributed by atoms with van der Waals surface area (Å²) in [6, 6.07) is 0. The zero-order chi connectivity index (χ0) is 6.97. The van der Waals surface area contributed by atoms with E-state index in [1.807, 2.05) is 0 Å². The van der Waals surface area contributed by atoms with E-state index in [2.05, 4.69) is 18.0 Å². The van der Waals surface area contributed by atoms with Crippen LogP contribution < -0.4 is 0 Å². The third-order valence-electron chi connectivity index (χ3n) is 2.16. The Bertz CT molecular complexity index is 197. The Labute approximate surface area is 61.9 Å². The van der Waals surface area contributed by atoms with Crippen molar-refractivity contribution in [3.8, 4) is 0 Å². The van der Waals surface area contributed by atoms with E-state index < -0.39 is 0 Å². The van der Waals surface area contributed by atoms with Crippen LogP contribution in [0.25, 0.3) is 0 Å². The van der Waals surface area contributed by atoms with Gasteiger partial charge in [0.25, 0.3) is 0 Å². The zero-order valence-corrected chi connectivity index (χ0v) is 6.43. The molecule has 1 heteroatoms. The van der Waals surface area contributed by atoms with E-state index in [1.54, 1.807) is 0 Å². The fourth-order valence-electron chi connectivity index (χ4n) is 1.35. The Balaban J connectivity index is 1.92. The maximum Gasteiger partial charge on any atom is 0.0369 e. The molecule has 0 bridgehead atoms. The van der Waals surface area contributed by atoms with Crippen LogP contribution in [0.1, 0.15) is 32.6 Å². The lowest BCUT2D eigenvalue weighted by atomic mass is 10.2. The Kier molecular flexibility index (Phi) is 1.37. The van der Waals surface area contributed by atoms with Crippen molar-refractivity contribution in [2.45, 2.75) is 32.6 Å². The third-order valence-corrected chi connectivity index (χ3v) is 2.16. The minimum absolute atomic E-state index is 0.987. The summed E-state index contributed by atoms with van der Waals surface area (Å²) in [5, 5.41) is 0. The van der Waals surface area contributed by atoms with Crippen LogP contribution in [0.5, 0.6) is 0 Å². The number of nitrogens with zero attached hydrogens (tertiary/aromatic N) is 1. The molecule has 54 valence electrons. The van der Waals surface area contributed by atoms with Crippen molar-refractivity contribution in [2.75, 3.05) is 0 Å². The van der Waals surface area contributed by atoms with Gasteiger partial charge in [0, 0.05) is 17.8 Å². The molecular weight excluding hydrogens is 122 g/mol. The lowest BCUT2D eigenvalue weighted by Gasteiger charge is -1.92. The predicted molar refractivity (Wildman–Crippen MR) is 43.2 cm³/mol. The molecule has 0 saturated heterocycles. The van der Waals surface area contributed by atoms with Crippen LogP contribution in [0.15, 0.2) is 16.8 Å². The molecule has 0 aromatic heterocycles. The standard InChI is InChI=1S/C9H13N/c1-7-2-5-9(10-7)6-8-3-4-8/h5,8H,2-4,6H2,1H3. The number of rotatable bonds is 2. The number of aliphatic imine (C=N–C) groups is 1. The fourth-order valence-corrected chi connectivity index (χ4v) is 1.35. The molecule has 0 amide bonds. The summed E-state index contributed by atoms with van der Waals surface area (Å²) < 4.78 is 0. The molecule has 0 atom stereocenters. The van der Waals surface area contributed by atoms with Gasteiger partial charge in [0.05, 0.1) is 0 Å². The first kappa shape index (κ1) is 6.14. The van der Waals surface area contributed by atoms with Crippen LogP contribution in [-0.2, 0) is 0 Å². The second-order valence-corrected chi connectivity index (χ2v) is 3.39. The lowest BCUT2D eigenvalue weighted by Crippen LogP contribution is -1.80. The highest BCUT2D eigenvalue weighted by molar-refractivity contribution is 5.86. The second-order valence-electron chi connectivity index (χ2n) is 3.39. The Hall–Kier alpha value is -0.590. The molecular formula is C9H13N. The van der Waals surface area contributed by atoms with Crippen LogP contribution in [-0.4, -0.2) is 5.71 Å². The molecule has 2 aliphatic rings. The first-order chi connectivity index (χ1) is 4.84. The summed E-state index contributed by atoms with van der Waals surface area (Å²) in [5.74, 6) is 0.987. The quantitative estimate of drug-likeness (QED) is 0.551. The average Bonchev–Trinajstić information content (AvgIpc) is 2.59. The van der Waals surface area contributed by atoms with Gasteiger partial charge in [0.2, 0.25) is 0 Å². The molecule has 1 aliphatic carbocycles. The van der Waals surface area contributed by atoms with E-state index in [0.29, 0.717) is 0 Å². The van der Waals surface area contributed by atoms with E-state index in [0.717, 1.165) is 12.3 Å². The first-order valence-corrected chi connectivity index (χ1v) is 4.08. The van der Waals surface area contributed by atoms with Gasteiger partial charge in [0.15, 0.2) is 0 Å². The maximum absolute atomic E-state index is 4.45. The smallest absolute Gasteiger partial charge is 0.0369 e. The highest BCUT2D eigenvalue weighted by Gasteiger charge is 2.23. The van der Waals surface area contributed by atoms with Crippen molar-refractivity contribution >= 4 is 5.71 Å². The highest BCUT2D eigenvalue weighted by Crippen LogP contribution is 2.36. The molecule has 1 fully saturated rings. The summed E-state index contributed by atoms with van der Waals surface area (Å²) in [5.41, 5.74) is 2.63. The molecule has 0 radical (unpaired) electrons. The Morgan fingerprint density at radius 3 is 2.90 bits per heavy atom. The minimum atomic E-state index is 0.987. The lowest BCUT2D eigenvalue weighted by molar-refractivity contribution is 0.814. The van der Waals surface area contributed by atoms with Gasteiger partial charge in [-0.15, -0.1) is 0 Å².